The summed E-state index contributed by atoms with van der Waals surface area (Å²) in [4.78, 5) is 15.3. The first-order chi connectivity index (χ1) is 14.3. The molecule has 1 aliphatic rings. The molecule has 2 atom stereocenters. The predicted molar refractivity (Wildman–Crippen MR) is 117 cm³/mol. The van der Waals surface area contributed by atoms with E-state index in [0.29, 0.717) is 17.8 Å². The van der Waals surface area contributed by atoms with Gasteiger partial charge in [0.25, 0.3) is 5.91 Å². The van der Waals surface area contributed by atoms with Crippen LogP contribution in [0.5, 0.6) is 0 Å². The Morgan fingerprint density at radius 1 is 1.30 bits per heavy atom. The molecule has 30 heavy (non-hydrogen) atoms. The molecule has 2 aromatic rings. The van der Waals surface area contributed by atoms with Crippen LogP contribution in [0.2, 0.25) is 0 Å². The minimum absolute atomic E-state index is 0.0670. The molecule has 8 heteroatoms. The Morgan fingerprint density at radius 3 is 2.67 bits per heavy atom. The number of anilines is 1. The number of carbonyl (C=O) groups excluding carboxylic acids is 1. The van der Waals surface area contributed by atoms with Gasteiger partial charge in [-0.2, -0.15) is 15.3 Å². The van der Waals surface area contributed by atoms with Crippen LogP contribution in [0, 0.1) is 0 Å². The van der Waals surface area contributed by atoms with Crippen molar-refractivity contribution in [3.63, 3.8) is 0 Å². The summed E-state index contributed by atoms with van der Waals surface area (Å²) in [6.45, 7) is 13.5. The number of likely N-dealkylation sites (tertiary alicyclic amines) is 1. The standard InChI is InChI=1S/C22H29N5O3/c1-15-11-12-16(19-13-20(25-30-19)22(2,3)29-6)14-26(15)21(28)17-9-7-8-10-18(17)27(23-4)24-5/h7-10,13,15-16H,4-5,11-12,14H2,1-3,6H3/t15-,16?/m1/s1. The van der Waals surface area contributed by atoms with Gasteiger partial charge in [-0.05, 0) is 45.7 Å². The van der Waals surface area contributed by atoms with Crippen LogP contribution in [0.15, 0.2) is 45.1 Å². The second-order valence-electron chi connectivity index (χ2n) is 8.00. The summed E-state index contributed by atoms with van der Waals surface area (Å²) in [7, 11) is 1.65. The lowest BCUT2D eigenvalue weighted by Crippen LogP contribution is -2.45. The molecule has 8 nitrogen and oxygen atoms in total. The van der Waals surface area contributed by atoms with Gasteiger partial charge in [0.2, 0.25) is 0 Å². The Kier molecular flexibility index (Phi) is 6.36. The Balaban J connectivity index is 1.86. The average Bonchev–Trinajstić information content (AvgIpc) is 3.26. The quantitative estimate of drug-likeness (QED) is 0.508. The van der Waals surface area contributed by atoms with Crippen molar-refractivity contribution in [1.82, 2.24) is 10.1 Å². The zero-order chi connectivity index (χ0) is 21.9. The predicted octanol–water partition coefficient (Wildman–Crippen LogP) is 4.00. The number of piperidine rings is 1. The smallest absolute Gasteiger partial charge is 0.256 e. The zero-order valence-electron chi connectivity index (χ0n) is 18.0. The summed E-state index contributed by atoms with van der Waals surface area (Å²) in [6, 6.07) is 9.23. The van der Waals surface area contributed by atoms with E-state index in [2.05, 4.69) is 35.7 Å². The number of nitrogens with zero attached hydrogens (tertiary/aromatic N) is 5. The minimum Gasteiger partial charge on any atom is -0.372 e. The highest BCUT2D eigenvalue weighted by Crippen LogP contribution is 2.34. The molecule has 2 heterocycles. The Morgan fingerprint density at radius 2 is 2.00 bits per heavy atom. The fraction of sp³-hybridized carbons (Fsp3) is 0.455. The van der Waals surface area contributed by atoms with E-state index in [-0.39, 0.29) is 17.9 Å². The van der Waals surface area contributed by atoms with E-state index < -0.39 is 5.60 Å². The number of amides is 1. The maximum Gasteiger partial charge on any atom is 0.256 e. The van der Waals surface area contributed by atoms with Gasteiger partial charge in [0.15, 0.2) is 0 Å². The topological polar surface area (TPSA) is 83.5 Å². The van der Waals surface area contributed by atoms with Gasteiger partial charge in [-0.25, -0.2) is 0 Å². The third-order valence-electron chi connectivity index (χ3n) is 5.82. The lowest BCUT2D eigenvalue weighted by Gasteiger charge is -2.37. The minimum atomic E-state index is -0.531. The summed E-state index contributed by atoms with van der Waals surface area (Å²) in [5.74, 6) is 0.754. The largest absolute Gasteiger partial charge is 0.372 e. The molecule has 0 bridgehead atoms. The molecule has 1 unspecified atom stereocenters. The molecule has 0 N–H and O–H groups in total. The van der Waals surface area contributed by atoms with E-state index in [9.17, 15) is 4.79 Å². The van der Waals surface area contributed by atoms with E-state index in [0.717, 1.165) is 24.3 Å². The second-order valence-corrected chi connectivity index (χ2v) is 8.00. The molecule has 0 saturated carbocycles. The van der Waals surface area contributed by atoms with Gasteiger partial charge in [-0.3, -0.25) is 4.79 Å². The monoisotopic (exact) mass is 411 g/mol. The van der Waals surface area contributed by atoms with E-state index >= 15 is 0 Å². The van der Waals surface area contributed by atoms with Crippen LogP contribution < -0.4 is 5.12 Å². The molecule has 160 valence electrons. The normalized spacial score (nSPS) is 19.4. The Hall–Kier alpha value is -3.00. The van der Waals surface area contributed by atoms with Crippen LogP contribution >= 0.6 is 0 Å². The Bertz CT molecular complexity index is 915. The number of ether oxygens (including phenoxy) is 1. The summed E-state index contributed by atoms with van der Waals surface area (Å²) in [5, 5.41) is 13.1. The van der Waals surface area contributed by atoms with Gasteiger partial charge < -0.3 is 14.2 Å². The lowest BCUT2D eigenvalue weighted by molar-refractivity contribution is 0.0129. The number of para-hydroxylation sites is 1. The molecule has 3 rings (SSSR count). The van der Waals surface area contributed by atoms with Crippen LogP contribution in [-0.2, 0) is 10.3 Å². The first kappa shape index (κ1) is 21.7. The molecule has 1 aliphatic heterocycles. The molecule has 1 fully saturated rings. The highest BCUT2D eigenvalue weighted by atomic mass is 16.5. The molecule has 0 aliphatic carbocycles. The van der Waals surface area contributed by atoms with Gasteiger partial charge in [0.1, 0.15) is 17.1 Å². The molecule has 1 aromatic carbocycles. The number of methoxy groups -OCH3 is 1. The van der Waals surface area contributed by atoms with Crippen molar-refractivity contribution < 1.29 is 14.1 Å². The number of rotatable bonds is 7. The number of hydrogen-bond donors (Lipinski definition) is 0. The molecule has 1 saturated heterocycles. The van der Waals surface area contributed by atoms with E-state index in [1.807, 2.05) is 36.9 Å². The lowest BCUT2D eigenvalue weighted by atomic mass is 9.90. The van der Waals surface area contributed by atoms with Crippen molar-refractivity contribution in [2.45, 2.75) is 51.2 Å². The fourth-order valence-corrected chi connectivity index (χ4v) is 3.67. The summed E-state index contributed by atoms with van der Waals surface area (Å²) >= 11 is 0. The van der Waals surface area contributed by atoms with Gasteiger partial charge in [-0.1, -0.05) is 17.3 Å². The van der Waals surface area contributed by atoms with E-state index in [4.69, 9.17) is 9.26 Å². The first-order valence-electron chi connectivity index (χ1n) is 9.98. The van der Waals surface area contributed by atoms with Gasteiger partial charge in [-0.15, -0.1) is 0 Å². The van der Waals surface area contributed by atoms with Crippen molar-refractivity contribution in [3.8, 4) is 0 Å². The van der Waals surface area contributed by atoms with E-state index in [1.54, 1.807) is 19.2 Å². The SMILES string of the molecule is C=NN(N=C)c1ccccc1C(=O)N1CC(c2cc(C(C)(C)OC)no2)CC[C@H]1C. The van der Waals surface area contributed by atoms with Crippen molar-refractivity contribution in [3.05, 3.63) is 47.3 Å². The van der Waals surface area contributed by atoms with Crippen LogP contribution in [0.3, 0.4) is 0 Å². The average molecular weight is 412 g/mol. The maximum absolute atomic E-state index is 13.5. The van der Waals surface area contributed by atoms with Crippen LogP contribution in [0.4, 0.5) is 5.69 Å². The highest BCUT2D eigenvalue weighted by Gasteiger charge is 2.34. The first-order valence-corrected chi connectivity index (χ1v) is 9.98. The zero-order valence-corrected chi connectivity index (χ0v) is 18.0. The second kappa shape index (κ2) is 8.79. The molecule has 1 aromatic heterocycles. The van der Waals surface area contributed by atoms with Crippen LogP contribution in [-0.4, -0.2) is 49.1 Å². The molecular weight excluding hydrogens is 382 g/mol. The number of benzene rings is 1. The maximum atomic E-state index is 13.5. The number of carbonyl (C=O) groups is 1. The summed E-state index contributed by atoms with van der Waals surface area (Å²) in [6.07, 6.45) is 1.79. The van der Waals surface area contributed by atoms with Crippen molar-refractivity contribution in [2.75, 3.05) is 18.8 Å². The Labute approximate surface area is 177 Å². The van der Waals surface area contributed by atoms with Crippen LogP contribution in [0.1, 0.15) is 61.3 Å². The number of aromatic nitrogens is 1. The number of hydrazone groups is 2. The molecule has 1 amide bonds. The summed E-state index contributed by atoms with van der Waals surface area (Å²) < 4.78 is 11.1. The van der Waals surface area contributed by atoms with Crippen molar-refractivity contribution >= 4 is 25.0 Å². The molecule has 0 radical (unpaired) electrons. The van der Waals surface area contributed by atoms with Gasteiger partial charge in [0.05, 0.1) is 11.3 Å². The number of hydrogen-bond acceptors (Lipinski definition) is 7. The van der Waals surface area contributed by atoms with Gasteiger partial charge >= 0.3 is 0 Å². The highest BCUT2D eigenvalue weighted by molar-refractivity contribution is 6.00. The van der Waals surface area contributed by atoms with Crippen molar-refractivity contribution in [1.29, 1.82) is 0 Å². The van der Waals surface area contributed by atoms with Crippen molar-refractivity contribution in [2.24, 2.45) is 10.2 Å². The fourth-order valence-electron chi connectivity index (χ4n) is 3.67. The van der Waals surface area contributed by atoms with Crippen LogP contribution in [0.25, 0.3) is 0 Å². The third-order valence-corrected chi connectivity index (χ3v) is 5.82. The molecule has 0 spiro atoms. The van der Waals surface area contributed by atoms with E-state index in [1.165, 1.54) is 5.12 Å². The summed E-state index contributed by atoms with van der Waals surface area (Å²) in [5.41, 5.74) is 1.26. The molecular formula is C22H29N5O3. The van der Waals surface area contributed by atoms with Gasteiger partial charge in [0, 0.05) is 45.1 Å². The third kappa shape index (κ3) is 4.14.